The van der Waals surface area contributed by atoms with E-state index >= 15 is 0 Å². The third-order valence-electron chi connectivity index (χ3n) is 10.3. The number of Topliss-reactive ketones (excluding diaryl/α,β-unsaturated/α-hetero) is 4. The fourth-order valence-corrected chi connectivity index (χ4v) is 7.16. The maximum Gasteiger partial charge on any atom is 0.377 e. The second-order valence-corrected chi connectivity index (χ2v) is 14.3. The van der Waals surface area contributed by atoms with E-state index in [2.05, 4.69) is 0 Å². The number of carbonyl (C=O) groups excluding carboxylic acids is 4. The molecule has 2 aromatic heterocycles. The van der Waals surface area contributed by atoms with Gasteiger partial charge in [0.1, 0.15) is 0 Å². The average Bonchev–Trinajstić information content (AvgIpc) is 3.81. The smallest absolute Gasteiger partial charge is 0.377 e. The average molecular weight is 795 g/mol. The number of rotatable bonds is 12. The van der Waals surface area contributed by atoms with Gasteiger partial charge < -0.3 is 19.3 Å². The molecule has 0 aliphatic rings. The van der Waals surface area contributed by atoms with Crippen molar-refractivity contribution >= 4 is 56.9 Å². The van der Waals surface area contributed by atoms with Crippen molar-refractivity contribution in [3.05, 3.63) is 191 Å². The highest BCUT2D eigenvalue weighted by molar-refractivity contribution is 6.43. The molecule has 0 bridgehead atoms. The van der Waals surface area contributed by atoms with Gasteiger partial charge in [0, 0.05) is 58.4 Å². The Morgan fingerprint density at radius 2 is 0.767 bits per heavy atom. The van der Waals surface area contributed by atoms with E-state index in [1.807, 2.05) is 130 Å². The number of hydrogen-bond donors (Lipinski definition) is 2. The van der Waals surface area contributed by atoms with Crippen molar-refractivity contribution in [3.63, 3.8) is 0 Å². The van der Waals surface area contributed by atoms with E-state index in [1.54, 1.807) is 36.7 Å². The lowest BCUT2D eigenvalue weighted by atomic mass is 10.00. The molecule has 2 N–H and O–H groups in total. The summed E-state index contributed by atoms with van der Waals surface area (Å²) in [5, 5.41) is 19.7. The quantitative estimate of drug-likeness (QED) is 0.0916. The summed E-state index contributed by atoms with van der Waals surface area (Å²) in [5.41, 5.74) is 8.68. The normalized spacial score (nSPS) is 10.8. The zero-order chi connectivity index (χ0) is 42.5. The first kappa shape index (κ1) is 40.2. The minimum Gasteiger partial charge on any atom is -0.475 e. The van der Waals surface area contributed by atoms with Gasteiger partial charge in [0.25, 0.3) is 11.6 Å². The molecule has 10 heteroatoms. The lowest BCUT2D eigenvalue weighted by molar-refractivity contribution is -0.132. The number of carboxylic acids is 2. The predicted octanol–water partition coefficient (Wildman–Crippen LogP) is 9.65. The standard InChI is InChI=1S/2C25H19NO4/c2*1-16(27)18-7-9-19(10-8-18)20-11-12-23-21(13-20)22(24(28)25(29)30)15-26(23)14-17-5-3-2-4-6-17/h2*2-13,15H,14H2,1H3,(H,29,30). The van der Waals surface area contributed by atoms with E-state index in [-0.39, 0.29) is 22.7 Å². The van der Waals surface area contributed by atoms with Crippen LogP contribution < -0.4 is 0 Å². The van der Waals surface area contributed by atoms with Crippen LogP contribution in [0.15, 0.2) is 158 Å². The van der Waals surface area contributed by atoms with Crippen LogP contribution in [-0.4, -0.2) is 54.4 Å². The molecule has 0 unspecified atom stereocenters. The highest BCUT2D eigenvalue weighted by atomic mass is 16.4. The van der Waals surface area contributed by atoms with Crippen LogP contribution in [0.3, 0.4) is 0 Å². The summed E-state index contributed by atoms with van der Waals surface area (Å²) in [6, 6.07) is 45.3. The Morgan fingerprint density at radius 1 is 0.433 bits per heavy atom. The van der Waals surface area contributed by atoms with Gasteiger partial charge in [-0.1, -0.05) is 121 Å². The number of ketones is 4. The Balaban J connectivity index is 0.000000181. The highest BCUT2D eigenvalue weighted by Gasteiger charge is 2.23. The number of aromatic nitrogens is 2. The summed E-state index contributed by atoms with van der Waals surface area (Å²) in [6.45, 7) is 4.08. The van der Waals surface area contributed by atoms with Crippen molar-refractivity contribution in [1.29, 1.82) is 0 Å². The zero-order valence-corrected chi connectivity index (χ0v) is 32.7. The fourth-order valence-electron chi connectivity index (χ4n) is 7.16. The molecule has 296 valence electrons. The van der Waals surface area contributed by atoms with Gasteiger partial charge in [-0.25, -0.2) is 9.59 Å². The molecular formula is C50H38N2O8. The summed E-state index contributed by atoms with van der Waals surface area (Å²) in [7, 11) is 0. The first-order valence-corrected chi connectivity index (χ1v) is 19.0. The highest BCUT2D eigenvalue weighted by Crippen LogP contribution is 2.31. The van der Waals surface area contributed by atoms with Crippen molar-refractivity contribution in [2.75, 3.05) is 0 Å². The Bertz CT molecular complexity index is 2740. The predicted molar refractivity (Wildman–Crippen MR) is 230 cm³/mol. The number of carbonyl (C=O) groups is 6. The molecule has 0 saturated carbocycles. The summed E-state index contributed by atoms with van der Waals surface area (Å²) in [4.78, 5) is 70.5. The molecule has 2 heterocycles. The SMILES string of the molecule is CC(=O)c1ccc(-c2ccc3c(c2)c(C(=O)C(=O)O)cn3Cc2ccccc2)cc1.CC(=O)c1ccc(-c2ccc3c(c2)c(C(=O)C(=O)O)cn3Cc2ccccc2)cc1. The lowest BCUT2D eigenvalue weighted by Crippen LogP contribution is -2.12. The molecular weight excluding hydrogens is 757 g/mol. The van der Waals surface area contributed by atoms with Crippen LogP contribution in [0, 0.1) is 0 Å². The van der Waals surface area contributed by atoms with Crippen LogP contribution in [0.1, 0.15) is 66.4 Å². The number of hydrogen-bond acceptors (Lipinski definition) is 6. The molecule has 0 saturated heterocycles. The summed E-state index contributed by atoms with van der Waals surface area (Å²) >= 11 is 0. The Labute approximate surface area is 344 Å². The van der Waals surface area contributed by atoms with Gasteiger partial charge in [-0.05, 0) is 71.5 Å². The zero-order valence-electron chi connectivity index (χ0n) is 32.7. The van der Waals surface area contributed by atoms with Crippen molar-refractivity contribution in [2.45, 2.75) is 26.9 Å². The first-order valence-electron chi connectivity index (χ1n) is 19.0. The Hall–Kier alpha value is -7.98. The molecule has 0 radical (unpaired) electrons. The Kier molecular flexibility index (Phi) is 11.6. The molecule has 0 aliphatic heterocycles. The van der Waals surface area contributed by atoms with Crippen LogP contribution in [0.5, 0.6) is 0 Å². The lowest BCUT2D eigenvalue weighted by Gasteiger charge is -2.07. The second kappa shape index (κ2) is 17.3. The van der Waals surface area contributed by atoms with Crippen LogP contribution in [-0.2, 0) is 22.7 Å². The number of benzene rings is 6. The van der Waals surface area contributed by atoms with Gasteiger partial charge in [0.15, 0.2) is 11.6 Å². The molecule has 60 heavy (non-hydrogen) atoms. The van der Waals surface area contributed by atoms with Crippen LogP contribution in [0.2, 0.25) is 0 Å². The molecule has 0 aliphatic carbocycles. The minimum absolute atomic E-state index is 0.00988. The topological polar surface area (TPSA) is 153 Å². The molecule has 0 atom stereocenters. The second-order valence-electron chi connectivity index (χ2n) is 14.3. The van der Waals surface area contributed by atoms with E-state index in [0.717, 1.165) is 44.4 Å². The van der Waals surface area contributed by atoms with Crippen LogP contribution in [0.25, 0.3) is 44.1 Å². The Morgan fingerprint density at radius 3 is 1.08 bits per heavy atom. The molecule has 0 spiro atoms. The molecule has 8 rings (SSSR count). The van der Waals surface area contributed by atoms with Crippen molar-refractivity contribution in [3.8, 4) is 22.3 Å². The van der Waals surface area contributed by atoms with E-state index in [1.165, 1.54) is 13.8 Å². The monoisotopic (exact) mass is 794 g/mol. The van der Waals surface area contributed by atoms with E-state index < -0.39 is 23.5 Å². The maximum atomic E-state index is 12.3. The van der Waals surface area contributed by atoms with Gasteiger partial charge in [-0.3, -0.25) is 19.2 Å². The number of aliphatic carboxylic acids is 2. The fraction of sp³-hybridized carbons (Fsp3) is 0.0800. The van der Waals surface area contributed by atoms with Gasteiger partial charge in [0.05, 0.1) is 11.1 Å². The molecule has 0 fully saturated rings. The summed E-state index contributed by atoms with van der Waals surface area (Å²) in [5.74, 6) is -4.85. The minimum atomic E-state index is -1.48. The van der Waals surface area contributed by atoms with Crippen molar-refractivity contribution in [1.82, 2.24) is 9.13 Å². The first-order chi connectivity index (χ1) is 28.9. The third-order valence-corrected chi connectivity index (χ3v) is 10.3. The molecule has 6 aromatic carbocycles. The summed E-state index contributed by atoms with van der Waals surface area (Å²) < 4.78 is 3.78. The molecule has 8 aromatic rings. The van der Waals surface area contributed by atoms with E-state index in [4.69, 9.17) is 0 Å². The van der Waals surface area contributed by atoms with Crippen LogP contribution in [0.4, 0.5) is 0 Å². The van der Waals surface area contributed by atoms with Gasteiger partial charge in [0.2, 0.25) is 0 Å². The van der Waals surface area contributed by atoms with Gasteiger partial charge in [-0.2, -0.15) is 0 Å². The number of fused-ring (bicyclic) bond motifs is 2. The molecule has 10 nitrogen and oxygen atoms in total. The van der Waals surface area contributed by atoms with E-state index in [0.29, 0.717) is 35.0 Å². The largest absolute Gasteiger partial charge is 0.475 e. The number of nitrogens with zero attached hydrogens (tertiary/aromatic N) is 2. The number of carboxylic acid groups (broad SMARTS) is 2. The van der Waals surface area contributed by atoms with E-state index in [9.17, 15) is 39.0 Å². The molecule has 0 amide bonds. The summed E-state index contributed by atoms with van der Waals surface area (Å²) in [6.07, 6.45) is 3.22. The van der Waals surface area contributed by atoms with Gasteiger partial charge >= 0.3 is 11.9 Å². The maximum absolute atomic E-state index is 12.3. The third kappa shape index (κ3) is 8.63. The van der Waals surface area contributed by atoms with Crippen molar-refractivity contribution in [2.24, 2.45) is 0 Å². The van der Waals surface area contributed by atoms with Crippen molar-refractivity contribution < 1.29 is 39.0 Å². The van der Waals surface area contributed by atoms with Gasteiger partial charge in [-0.15, -0.1) is 0 Å². The van der Waals surface area contributed by atoms with Crippen LogP contribution >= 0.6 is 0 Å².